The van der Waals surface area contributed by atoms with Gasteiger partial charge >= 0.3 is 0 Å². The third kappa shape index (κ3) is 5.42. The van der Waals surface area contributed by atoms with Crippen molar-refractivity contribution in [2.24, 2.45) is 5.92 Å². The Hall–Kier alpha value is -0.0900. The van der Waals surface area contributed by atoms with Gasteiger partial charge in [0.15, 0.2) is 0 Å². The Kier molecular flexibility index (Phi) is 7.37. The summed E-state index contributed by atoms with van der Waals surface area (Å²) in [6.07, 6.45) is 7.71. The first-order chi connectivity index (χ1) is 9.00. The van der Waals surface area contributed by atoms with Crippen LogP contribution in [0.2, 0.25) is 0 Å². The van der Waals surface area contributed by atoms with E-state index in [1.54, 1.807) is 0 Å². The lowest BCUT2D eigenvalue weighted by Crippen LogP contribution is -2.55. The average molecular weight is 333 g/mol. The number of carbonyl (C=O) groups is 1. The lowest BCUT2D eigenvalue weighted by atomic mass is 9.75. The summed E-state index contributed by atoms with van der Waals surface area (Å²) in [5, 5.41) is 4.14. The Bertz CT molecular complexity index is 283. The van der Waals surface area contributed by atoms with Gasteiger partial charge in [-0.3, -0.25) is 4.79 Å². The van der Waals surface area contributed by atoms with Gasteiger partial charge in [-0.05, 0) is 45.7 Å². The van der Waals surface area contributed by atoms with Crippen molar-refractivity contribution in [3.8, 4) is 0 Å². The predicted molar refractivity (Wildman–Crippen MR) is 84.7 cm³/mol. The molecule has 1 aliphatic carbocycles. The molecule has 0 radical (unpaired) electrons. The van der Waals surface area contributed by atoms with Crippen LogP contribution in [0, 0.1) is 5.92 Å². The molecule has 2 atom stereocenters. The molecule has 0 aromatic rings. The second kappa shape index (κ2) is 8.25. The zero-order chi connectivity index (χ0) is 14.3. The van der Waals surface area contributed by atoms with Crippen molar-refractivity contribution in [1.29, 1.82) is 0 Å². The molecule has 1 N–H and O–H groups in total. The number of carbonyl (C=O) groups excluding carboxylic acids is 1. The summed E-state index contributed by atoms with van der Waals surface area (Å²) in [5.41, 5.74) is 0.169. The number of alkyl halides is 1. The second-order valence-electron chi connectivity index (χ2n) is 6.24. The number of nitrogens with one attached hydrogen (secondary N) is 1. The molecule has 0 aliphatic heterocycles. The van der Waals surface area contributed by atoms with E-state index in [0.29, 0.717) is 6.42 Å². The lowest BCUT2D eigenvalue weighted by Gasteiger charge is -2.45. The van der Waals surface area contributed by atoms with Crippen LogP contribution in [0.25, 0.3) is 0 Å². The van der Waals surface area contributed by atoms with E-state index in [1.807, 2.05) is 0 Å². The smallest absolute Gasteiger partial charge is 0.220 e. The minimum atomic E-state index is 0.169. The summed E-state index contributed by atoms with van der Waals surface area (Å²) in [4.78, 5) is 14.2. The minimum absolute atomic E-state index is 0.169. The molecule has 1 rings (SSSR count). The highest BCUT2D eigenvalue weighted by Crippen LogP contribution is 2.35. The van der Waals surface area contributed by atoms with Crippen LogP contribution in [0.15, 0.2) is 0 Å². The molecule has 4 heteroatoms. The molecule has 1 amide bonds. The van der Waals surface area contributed by atoms with Crippen LogP contribution < -0.4 is 5.32 Å². The van der Waals surface area contributed by atoms with Crippen LogP contribution in [0.4, 0.5) is 0 Å². The molecule has 112 valence electrons. The number of likely N-dealkylation sites (N-methyl/N-ethyl adjacent to an activating group) is 1. The normalized spacial score (nSPS) is 27.5. The molecule has 0 saturated heterocycles. The van der Waals surface area contributed by atoms with Gasteiger partial charge in [-0.2, -0.15) is 0 Å². The van der Waals surface area contributed by atoms with Crippen molar-refractivity contribution in [3.05, 3.63) is 0 Å². The molecule has 1 fully saturated rings. The van der Waals surface area contributed by atoms with Gasteiger partial charge in [0.2, 0.25) is 5.91 Å². The minimum Gasteiger partial charge on any atom is -0.354 e. The molecule has 3 nitrogen and oxygen atoms in total. The molecule has 19 heavy (non-hydrogen) atoms. The van der Waals surface area contributed by atoms with E-state index < -0.39 is 0 Å². The van der Waals surface area contributed by atoms with Gasteiger partial charge in [-0.1, -0.05) is 35.7 Å². The second-order valence-corrected chi connectivity index (χ2v) is 7.04. The summed E-state index contributed by atoms with van der Waals surface area (Å²) in [5.74, 6) is 0.974. The standard InChI is InChI=1S/C15H29BrN2O/c1-13-7-6-9-15(11-13,18(2)3)12-17-14(19)8-4-5-10-16/h13H,4-12H2,1-3H3,(H,17,19). The van der Waals surface area contributed by atoms with Crippen LogP contribution in [0.5, 0.6) is 0 Å². The first-order valence-corrected chi connectivity index (χ1v) is 8.62. The van der Waals surface area contributed by atoms with Crippen LogP contribution in [0.1, 0.15) is 51.9 Å². The highest BCUT2D eigenvalue weighted by atomic mass is 79.9. The van der Waals surface area contributed by atoms with Gasteiger partial charge in [-0.25, -0.2) is 0 Å². The van der Waals surface area contributed by atoms with E-state index in [4.69, 9.17) is 0 Å². The van der Waals surface area contributed by atoms with Crippen molar-refractivity contribution in [2.45, 2.75) is 57.4 Å². The first kappa shape index (κ1) is 17.0. The number of rotatable bonds is 7. The van der Waals surface area contributed by atoms with E-state index in [2.05, 4.69) is 47.2 Å². The maximum atomic E-state index is 11.9. The van der Waals surface area contributed by atoms with Crippen LogP contribution in [-0.2, 0) is 4.79 Å². The molecule has 0 spiro atoms. The number of hydrogen-bond donors (Lipinski definition) is 1. The van der Waals surface area contributed by atoms with Crippen LogP contribution >= 0.6 is 15.9 Å². The molecule has 0 aromatic carbocycles. The van der Waals surface area contributed by atoms with Gasteiger partial charge in [0, 0.05) is 23.8 Å². The summed E-state index contributed by atoms with van der Waals surface area (Å²) >= 11 is 3.40. The summed E-state index contributed by atoms with van der Waals surface area (Å²) < 4.78 is 0. The third-order valence-electron chi connectivity index (χ3n) is 4.42. The van der Waals surface area contributed by atoms with Crippen molar-refractivity contribution in [2.75, 3.05) is 26.0 Å². The van der Waals surface area contributed by atoms with E-state index >= 15 is 0 Å². The zero-order valence-electron chi connectivity index (χ0n) is 12.7. The SMILES string of the molecule is CC1CCCC(CNC(=O)CCCCBr)(N(C)C)C1. The van der Waals surface area contributed by atoms with Crippen LogP contribution in [-0.4, -0.2) is 42.3 Å². The Morgan fingerprint density at radius 2 is 2.16 bits per heavy atom. The van der Waals surface area contributed by atoms with Gasteiger partial charge < -0.3 is 10.2 Å². The van der Waals surface area contributed by atoms with E-state index in [9.17, 15) is 4.79 Å². The number of halogens is 1. The molecule has 0 heterocycles. The Labute approximate surface area is 126 Å². The molecular formula is C15H29BrN2O. The molecule has 1 aliphatic rings. The third-order valence-corrected chi connectivity index (χ3v) is 4.98. The van der Waals surface area contributed by atoms with Gasteiger partial charge in [0.25, 0.3) is 0 Å². The van der Waals surface area contributed by atoms with Gasteiger partial charge in [0.05, 0.1) is 0 Å². The van der Waals surface area contributed by atoms with Gasteiger partial charge in [-0.15, -0.1) is 0 Å². The maximum Gasteiger partial charge on any atom is 0.220 e. The number of unbranched alkanes of at least 4 members (excludes halogenated alkanes) is 1. The summed E-state index contributed by atoms with van der Waals surface area (Å²) in [7, 11) is 4.30. The molecule has 1 saturated carbocycles. The van der Waals surface area contributed by atoms with Crippen LogP contribution in [0.3, 0.4) is 0 Å². The molecular weight excluding hydrogens is 304 g/mol. The van der Waals surface area contributed by atoms with Gasteiger partial charge in [0.1, 0.15) is 0 Å². The van der Waals surface area contributed by atoms with Crippen molar-refractivity contribution in [3.63, 3.8) is 0 Å². The maximum absolute atomic E-state index is 11.9. The topological polar surface area (TPSA) is 32.3 Å². The average Bonchev–Trinajstić information content (AvgIpc) is 2.36. The molecule has 0 bridgehead atoms. The fraction of sp³-hybridized carbons (Fsp3) is 0.933. The fourth-order valence-corrected chi connectivity index (χ4v) is 3.49. The van der Waals surface area contributed by atoms with E-state index in [1.165, 1.54) is 25.7 Å². The number of hydrogen-bond acceptors (Lipinski definition) is 2. The van der Waals surface area contributed by atoms with Crippen molar-refractivity contribution >= 4 is 21.8 Å². The lowest BCUT2D eigenvalue weighted by molar-refractivity contribution is -0.122. The highest BCUT2D eigenvalue weighted by Gasteiger charge is 2.36. The van der Waals surface area contributed by atoms with Crippen molar-refractivity contribution < 1.29 is 4.79 Å². The highest BCUT2D eigenvalue weighted by molar-refractivity contribution is 9.09. The largest absolute Gasteiger partial charge is 0.354 e. The predicted octanol–water partition coefficient (Wildman–Crippen LogP) is 3.18. The Morgan fingerprint density at radius 3 is 2.74 bits per heavy atom. The van der Waals surface area contributed by atoms with E-state index in [-0.39, 0.29) is 11.4 Å². The number of nitrogens with zero attached hydrogens (tertiary/aromatic N) is 1. The molecule has 0 aromatic heterocycles. The quantitative estimate of drug-likeness (QED) is 0.573. The summed E-state index contributed by atoms with van der Waals surface area (Å²) in [6, 6.07) is 0. The summed E-state index contributed by atoms with van der Waals surface area (Å²) in [6.45, 7) is 3.13. The Balaban J connectivity index is 2.43. The zero-order valence-corrected chi connectivity index (χ0v) is 14.3. The number of amides is 1. The van der Waals surface area contributed by atoms with E-state index in [0.717, 1.165) is 30.6 Å². The fourth-order valence-electron chi connectivity index (χ4n) is 3.09. The first-order valence-electron chi connectivity index (χ1n) is 7.50. The molecule has 2 unspecified atom stereocenters. The van der Waals surface area contributed by atoms with Crippen molar-refractivity contribution in [1.82, 2.24) is 10.2 Å². The monoisotopic (exact) mass is 332 g/mol. The Morgan fingerprint density at radius 1 is 1.42 bits per heavy atom.